The monoisotopic (exact) mass is 657 g/mol. The van der Waals surface area contributed by atoms with Gasteiger partial charge in [-0.1, -0.05) is 88.7 Å². The normalized spacial score (nSPS) is 26.9. The molecule has 3 fully saturated rings. The zero-order chi connectivity index (χ0) is 31.0. The summed E-state index contributed by atoms with van der Waals surface area (Å²) in [4.78, 5) is 47.8. The smallest absolute Gasteiger partial charge is 0.253 e. The predicted octanol–water partition coefficient (Wildman–Crippen LogP) is 4.31. The number of aliphatic hydroxyl groups is 1. The van der Waals surface area contributed by atoms with Gasteiger partial charge in [0.15, 0.2) is 0 Å². The van der Waals surface area contributed by atoms with Gasteiger partial charge < -0.3 is 24.5 Å². The number of aliphatic hydroxyl groups excluding tert-OH is 1. The zero-order valence-electron chi connectivity index (χ0n) is 24.4. The maximum atomic E-state index is 14.7. The summed E-state index contributed by atoms with van der Waals surface area (Å²) in [5, 5.41) is 12.0. The van der Waals surface area contributed by atoms with Gasteiger partial charge in [0.2, 0.25) is 11.8 Å². The summed E-state index contributed by atoms with van der Waals surface area (Å²) in [5.41, 5.74) is 0.395. The van der Waals surface area contributed by atoms with Crippen molar-refractivity contribution >= 4 is 50.1 Å². The lowest BCUT2D eigenvalue weighted by Crippen LogP contribution is -2.57. The van der Waals surface area contributed by atoms with E-state index < -0.39 is 29.6 Å². The molecule has 3 aliphatic rings. The Hall–Kier alpha value is -3.79. The highest BCUT2D eigenvalue weighted by molar-refractivity contribution is 9.09. The molecule has 3 unspecified atom stereocenters. The molecule has 2 bridgehead atoms. The van der Waals surface area contributed by atoms with Crippen LogP contribution in [-0.4, -0.2) is 81.4 Å². The Morgan fingerprint density at radius 1 is 1.00 bits per heavy atom. The van der Waals surface area contributed by atoms with E-state index in [1.807, 2.05) is 72.8 Å². The first kappa shape index (κ1) is 30.2. The van der Waals surface area contributed by atoms with Crippen LogP contribution in [0.15, 0.2) is 98.1 Å². The van der Waals surface area contributed by atoms with Gasteiger partial charge in [-0.05, 0) is 34.9 Å². The third kappa shape index (κ3) is 4.97. The number of hydrogen-bond donors (Lipinski definition) is 1. The van der Waals surface area contributed by atoms with Gasteiger partial charge in [0.05, 0.1) is 24.5 Å². The van der Waals surface area contributed by atoms with E-state index in [4.69, 9.17) is 4.74 Å². The van der Waals surface area contributed by atoms with Crippen molar-refractivity contribution in [1.82, 2.24) is 9.80 Å². The van der Waals surface area contributed by atoms with Crippen molar-refractivity contribution in [3.8, 4) is 0 Å². The quantitative estimate of drug-likeness (QED) is 0.245. The summed E-state index contributed by atoms with van der Waals surface area (Å²) in [7, 11) is 0. The van der Waals surface area contributed by atoms with Crippen LogP contribution < -0.4 is 4.90 Å². The number of β-amino-alcohol motifs (C(OH)–C–C–N with tert-alkyl or cyclic N) is 1. The highest BCUT2D eigenvalue weighted by Gasteiger charge is 2.76. The van der Waals surface area contributed by atoms with Crippen molar-refractivity contribution in [2.45, 2.75) is 35.5 Å². The number of ether oxygens (including phenoxy) is 1. The highest BCUT2D eigenvalue weighted by atomic mass is 79.9. The summed E-state index contributed by atoms with van der Waals surface area (Å²) in [6, 6.07) is 22.3. The molecular weight excluding hydrogens is 622 g/mol. The van der Waals surface area contributed by atoms with E-state index in [0.29, 0.717) is 25.2 Å². The molecule has 1 spiro atoms. The van der Waals surface area contributed by atoms with Crippen LogP contribution in [0.3, 0.4) is 0 Å². The van der Waals surface area contributed by atoms with Crippen LogP contribution >= 0.6 is 15.9 Å². The lowest BCUT2D eigenvalue weighted by atomic mass is 9.70. The lowest BCUT2D eigenvalue weighted by Gasteiger charge is -2.37. The summed E-state index contributed by atoms with van der Waals surface area (Å²) in [6.07, 6.45) is 3.13. The number of likely N-dealkylation sites (tertiary alicyclic amines) is 1. The van der Waals surface area contributed by atoms with Crippen molar-refractivity contribution in [3.63, 3.8) is 0 Å². The SMILES string of the molecule is C=CCN(Cc1ccccc1)C(=O)[C@H]1[C@@H]2OC3(CC2Br)C(C(=O)N(CC=C)c2ccc4ccccc4c2)N(CCO)C(=O)[C@H]13. The molecular formula is C35H36BrN3O5. The average Bonchev–Trinajstić information content (AvgIpc) is 3.62. The first-order chi connectivity index (χ1) is 21.3. The number of alkyl halides is 1. The minimum absolute atomic E-state index is 0.0462. The van der Waals surface area contributed by atoms with Gasteiger partial charge in [0.25, 0.3) is 5.91 Å². The average molecular weight is 659 g/mol. The molecule has 228 valence electrons. The van der Waals surface area contributed by atoms with Gasteiger partial charge in [-0.25, -0.2) is 0 Å². The first-order valence-corrected chi connectivity index (χ1v) is 15.8. The highest BCUT2D eigenvalue weighted by Crippen LogP contribution is 2.60. The van der Waals surface area contributed by atoms with Gasteiger partial charge >= 0.3 is 0 Å². The number of fused-ring (bicyclic) bond motifs is 2. The molecule has 0 radical (unpaired) electrons. The van der Waals surface area contributed by atoms with E-state index in [-0.39, 0.29) is 42.2 Å². The van der Waals surface area contributed by atoms with E-state index in [0.717, 1.165) is 16.3 Å². The number of amides is 3. The molecule has 3 aromatic rings. The van der Waals surface area contributed by atoms with Crippen molar-refractivity contribution in [1.29, 1.82) is 0 Å². The second-order valence-corrected chi connectivity index (χ2v) is 12.9. The third-order valence-electron chi connectivity index (χ3n) is 9.15. The molecule has 3 aliphatic heterocycles. The van der Waals surface area contributed by atoms with E-state index in [1.165, 1.54) is 4.90 Å². The summed E-state index contributed by atoms with van der Waals surface area (Å²) < 4.78 is 6.69. The van der Waals surface area contributed by atoms with Crippen LogP contribution in [0.1, 0.15) is 12.0 Å². The van der Waals surface area contributed by atoms with Crippen molar-refractivity contribution in [2.75, 3.05) is 31.1 Å². The molecule has 3 heterocycles. The third-order valence-corrected chi connectivity index (χ3v) is 9.99. The van der Waals surface area contributed by atoms with Crippen LogP contribution in [0, 0.1) is 11.8 Å². The van der Waals surface area contributed by atoms with Crippen molar-refractivity contribution in [2.24, 2.45) is 11.8 Å². The second-order valence-electron chi connectivity index (χ2n) is 11.7. The molecule has 3 amide bonds. The maximum Gasteiger partial charge on any atom is 0.253 e. The molecule has 0 saturated carbocycles. The maximum absolute atomic E-state index is 14.7. The Bertz CT molecular complexity index is 1600. The standard InChI is InChI=1S/C35H36BrN3O5/c1-3-16-37(22-23-10-6-5-7-11-23)32(41)28-29-33(42)39(18-19-40)31(35(29)21-27(36)30(28)44-35)34(43)38(17-4-2)26-15-14-24-12-8-9-13-25(24)20-26/h3-15,20,27-31,40H,1-2,16-19,21-22H2/t27?,28-,29+,30-,31?,35?/m1/s1. The van der Waals surface area contributed by atoms with Gasteiger partial charge in [0, 0.05) is 36.7 Å². The van der Waals surface area contributed by atoms with Crippen LogP contribution in [-0.2, 0) is 25.7 Å². The molecule has 3 saturated heterocycles. The van der Waals surface area contributed by atoms with Crippen LogP contribution in [0.5, 0.6) is 0 Å². The van der Waals surface area contributed by atoms with E-state index in [1.54, 1.807) is 22.0 Å². The number of hydrogen-bond acceptors (Lipinski definition) is 5. The largest absolute Gasteiger partial charge is 0.395 e. The molecule has 44 heavy (non-hydrogen) atoms. The van der Waals surface area contributed by atoms with Gasteiger partial charge in [-0.15, -0.1) is 13.2 Å². The molecule has 3 aromatic carbocycles. The predicted molar refractivity (Wildman–Crippen MR) is 173 cm³/mol. The van der Waals surface area contributed by atoms with Crippen molar-refractivity contribution < 1.29 is 24.2 Å². The number of anilines is 1. The first-order valence-electron chi connectivity index (χ1n) is 14.9. The van der Waals surface area contributed by atoms with Crippen LogP contribution in [0.2, 0.25) is 0 Å². The molecule has 1 N–H and O–H groups in total. The number of rotatable bonds is 11. The molecule has 9 heteroatoms. The topological polar surface area (TPSA) is 90.4 Å². The second kappa shape index (κ2) is 12.3. The minimum Gasteiger partial charge on any atom is -0.395 e. The van der Waals surface area contributed by atoms with E-state index in [2.05, 4.69) is 29.1 Å². The number of carbonyl (C=O) groups is 3. The number of benzene rings is 3. The van der Waals surface area contributed by atoms with Gasteiger partial charge in [-0.3, -0.25) is 14.4 Å². The van der Waals surface area contributed by atoms with Gasteiger partial charge in [0.1, 0.15) is 11.6 Å². The zero-order valence-corrected chi connectivity index (χ0v) is 26.0. The molecule has 6 rings (SSSR count). The number of halogens is 1. The fourth-order valence-corrected chi connectivity index (χ4v) is 8.33. The number of carbonyl (C=O) groups excluding carboxylic acids is 3. The number of nitrogens with zero attached hydrogens (tertiary/aromatic N) is 3. The molecule has 8 nitrogen and oxygen atoms in total. The molecule has 0 aliphatic carbocycles. The summed E-state index contributed by atoms with van der Waals surface area (Å²) in [5.74, 6) is -2.54. The Kier molecular flexibility index (Phi) is 8.46. The van der Waals surface area contributed by atoms with E-state index >= 15 is 0 Å². The Labute approximate surface area is 265 Å². The van der Waals surface area contributed by atoms with Crippen molar-refractivity contribution in [3.05, 3.63) is 104 Å². The molecule has 6 atom stereocenters. The Morgan fingerprint density at radius 2 is 1.70 bits per heavy atom. The Balaban J connectivity index is 1.38. The summed E-state index contributed by atoms with van der Waals surface area (Å²) in [6.45, 7) is 8.24. The van der Waals surface area contributed by atoms with E-state index in [9.17, 15) is 19.5 Å². The minimum atomic E-state index is -1.23. The fourth-order valence-electron chi connectivity index (χ4n) is 7.39. The van der Waals surface area contributed by atoms with Crippen LogP contribution in [0.25, 0.3) is 10.8 Å². The molecule has 0 aromatic heterocycles. The Morgan fingerprint density at radius 3 is 2.41 bits per heavy atom. The van der Waals surface area contributed by atoms with Gasteiger partial charge in [-0.2, -0.15) is 0 Å². The lowest BCUT2D eigenvalue weighted by molar-refractivity contribution is -0.145. The summed E-state index contributed by atoms with van der Waals surface area (Å²) >= 11 is 3.75. The van der Waals surface area contributed by atoms with Crippen LogP contribution in [0.4, 0.5) is 5.69 Å². The fraction of sp³-hybridized carbons (Fsp3) is 0.343.